The van der Waals surface area contributed by atoms with Gasteiger partial charge in [0.05, 0.1) is 11.1 Å². The van der Waals surface area contributed by atoms with Gasteiger partial charge in [0.2, 0.25) is 0 Å². The maximum Gasteiger partial charge on any atom is 0.281 e. The van der Waals surface area contributed by atoms with Crippen molar-refractivity contribution in [2.45, 2.75) is 0 Å². The van der Waals surface area contributed by atoms with E-state index in [1.807, 2.05) is 30.3 Å². The number of nitrogens with zero attached hydrogens (tertiary/aromatic N) is 1. The maximum atomic E-state index is 11.5. The standard InChI is InChI=1S/C12H6NO2/c14-11-9-6-5-7-3-1-2-4-8(7)10(9)12(15)13-11/h1-6H. The van der Waals surface area contributed by atoms with Crippen LogP contribution >= 0.6 is 0 Å². The molecule has 15 heavy (non-hydrogen) atoms. The van der Waals surface area contributed by atoms with Crippen molar-refractivity contribution in [1.29, 1.82) is 0 Å². The van der Waals surface area contributed by atoms with Gasteiger partial charge in [-0.15, -0.1) is 0 Å². The van der Waals surface area contributed by atoms with Crippen molar-refractivity contribution >= 4 is 22.6 Å². The Labute approximate surface area is 85.7 Å². The fourth-order valence-electron chi connectivity index (χ4n) is 1.89. The van der Waals surface area contributed by atoms with E-state index in [1.54, 1.807) is 6.07 Å². The molecule has 0 unspecified atom stereocenters. The van der Waals surface area contributed by atoms with Crippen LogP contribution in [0.4, 0.5) is 0 Å². The summed E-state index contributed by atoms with van der Waals surface area (Å²) in [4.78, 5) is 22.8. The van der Waals surface area contributed by atoms with E-state index < -0.39 is 11.8 Å². The van der Waals surface area contributed by atoms with Crippen LogP contribution in [0, 0.1) is 0 Å². The van der Waals surface area contributed by atoms with Gasteiger partial charge in [-0.25, -0.2) is 0 Å². The van der Waals surface area contributed by atoms with Crippen molar-refractivity contribution < 1.29 is 9.59 Å². The van der Waals surface area contributed by atoms with Gasteiger partial charge in [0, 0.05) is 0 Å². The van der Waals surface area contributed by atoms with E-state index in [0.29, 0.717) is 11.1 Å². The topological polar surface area (TPSA) is 48.2 Å². The average Bonchev–Trinajstić information content (AvgIpc) is 2.55. The molecule has 71 valence electrons. The summed E-state index contributed by atoms with van der Waals surface area (Å²) in [7, 11) is 0. The molecular formula is C12H6NO2. The zero-order chi connectivity index (χ0) is 10.4. The minimum Gasteiger partial charge on any atom is -0.267 e. The fourth-order valence-corrected chi connectivity index (χ4v) is 1.89. The highest BCUT2D eigenvalue weighted by Gasteiger charge is 2.30. The van der Waals surface area contributed by atoms with Gasteiger partial charge < -0.3 is 0 Å². The Balaban J connectivity index is 2.49. The molecule has 0 bridgehead atoms. The second-order valence-corrected chi connectivity index (χ2v) is 3.43. The van der Waals surface area contributed by atoms with Crippen molar-refractivity contribution in [2.24, 2.45) is 0 Å². The molecule has 1 aliphatic rings. The number of rotatable bonds is 0. The van der Waals surface area contributed by atoms with Gasteiger partial charge in [-0.3, -0.25) is 9.59 Å². The van der Waals surface area contributed by atoms with Crippen LogP contribution in [0.2, 0.25) is 0 Å². The van der Waals surface area contributed by atoms with Gasteiger partial charge in [0.15, 0.2) is 0 Å². The molecule has 0 atom stereocenters. The smallest absolute Gasteiger partial charge is 0.267 e. The summed E-state index contributed by atoms with van der Waals surface area (Å²) in [6.07, 6.45) is 0. The first kappa shape index (κ1) is 8.17. The predicted octanol–water partition coefficient (Wildman–Crippen LogP) is 1.74. The van der Waals surface area contributed by atoms with Crippen LogP contribution in [0.25, 0.3) is 10.8 Å². The Morgan fingerprint density at radius 1 is 0.867 bits per heavy atom. The molecule has 1 heterocycles. The van der Waals surface area contributed by atoms with E-state index in [9.17, 15) is 9.59 Å². The van der Waals surface area contributed by atoms with Gasteiger partial charge >= 0.3 is 0 Å². The molecule has 0 fully saturated rings. The Morgan fingerprint density at radius 3 is 2.53 bits per heavy atom. The number of hydrogen-bond acceptors (Lipinski definition) is 2. The van der Waals surface area contributed by atoms with Gasteiger partial charge in [-0.05, 0) is 16.8 Å². The minimum absolute atomic E-state index is 0.415. The van der Waals surface area contributed by atoms with Gasteiger partial charge in [-0.2, -0.15) is 5.32 Å². The fraction of sp³-hybridized carbons (Fsp3) is 0. The maximum absolute atomic E-state index is 11.5. The molecule has 0 saturated heterocycles. The molecule has 0 aromatic heterocycles. The Kier molecular flexibility index (Phi) is 1.45. The van der Waals surface area contributed by atoms with Crippen LogP contribution < -0.4 is 5.32 Å². The lowest BCUT2D eigenvalue weighted by Crippen LogP contribution is -2.10. The second-order valence-electron chi connectivity index (χ2n) is 3.43. The zero-order valence-electron chi connectivity index (χ0n) is 7.73. The van der Waals surface area contributed by atoms with Crippen LogP contribution in [-0.2, 0) is 0 Å². The van der Waals surface area contributed by atoms with Gasteiger partial charge in [0.25, 0.3) is 11.8 Å². The summed E-state index contributed by atoms with van der Waals surface area (Å²) in [5.41, 5.74) is 0.858. The lowest BCUT2D eigenvalue weighted by Gasteiger charge is -2.00. The van der Waals surface area contributed by atoms with Crippen LogP contribution in [0.5, 0.6) is 0 Å². The molecule has 2 aromatic rings. The molecule has 2 aromatic carbocycles. The first-order valence-corrected chi connectivity index (χ1v) is 4.59. The molecule has 0 saturated carbocycles. The molecule has 0 N–H and O–H groups in total. The van der Waals surface area contributed by atoms with E-state index in [0.717, 1.165) is 10.8 Å². The summed E-state index contributed by atoms with van der Waals surface area (Å²) in [5.74, 6) is -0.854. The van der Waals surface area contributed by atoms with Crippen LogP contribution in [-0.4, -0.2) is 11.8 Å². The molecule has 3 heteroatoms. The third-order valence-corrected chi connectivity index (χ3v) is 2.58. The molecule has 1 radical (unpaired) electrons. The number of fused-ring (bicyclic) bond motifs is 3. The summed E-state index contributed by atoms with van der Waals surface area (Å²) in [6.45, 7) is 0. The van der Waals surface area contributed by atoms with E-state index in [2.05, 4.69) is 5.32 Å². The zero-order valence-corrected chi connectivity index (χ0v) is 7.73. The molecule has 0 aliphatic carbocycles. The van der Waals surface area contributed by atoms with Gasteiger partial charge in [0.1, 0.15) is 0 Å². The number of carbonyl (C=O) groups is 2. The number of amides is 2. The van der Waals surface area contributed by atoms with E-state index in [-0.39, 0.29) is 0 Å². The second kappa shape index (κ2) is 2.67. The summed E-state index contributed by atoms with van der Waals surface area (Å²) in [6, 6.07) is 11.0. The van der Waals surface area contributed by atoms with Crippen molar-refractivity contribution in [1.82, 2.24) is 5.32 Å². The van der Waals surface area contributed by atoms with Gasteiger partial charge in [-0.1, -0.05) is 30.3 Å². The quantitative estimate of drug-likeness (QED) is 0.602. The first-order valence-electron chi connectivity index (χ1n) is 4.59. The van der Waals surface area contributed by atoms with Crippen molar-refractivity contribution in [3.63, 3.8) is 0 Å². The Morgan fingerprint density at radius 2 is 1.67 bits per heavy atom. The van der Waals surface area contributed by atoms with E-state index >= 15 is 0 Å². The molecule has 0 spiro atoms. The highest BCUT2D eigenvalue weighted by Crippen LogP contribution is 2.26. The van der Waals surface area contributed by atoms with Crippen LogP contribution in [0.3, 0.4) is 0 Å². The predicted molar refractivity (Wildman–Crippen MR) is 54.7 cm³/mol. The van der Waals surface area contributed by atoms with Crippen LogP contribution in [0.1, 0.15) is 20.7 Å². The van der Waals surface area contributed by atoms with Crippen LogP contribution in [0.15, 0.2) is 36.4 Å². The third-order valence-electron chi connectivity index (χ3n) is 2.58. The van der Waals surface area contributed by atoms with E-state index in [4.69, 9.17) is 0 Å². The van der Waals surface area contributed by atoms with E-state index in [1.165, 1.54) is 0 Å². The Hall–Kier alpha value is -2.16. The summed E-state index contributed by atoms with van der Waals surface area (Å²) >= 11 is 0. The minimum atomic E-state index is -0.430. The number of carbonyl (C=O) groups excluding carboxylic acids is 2. The van der Waals surface area contributed by atoms with Crippen molar-refractivity contribution in [3.8, 4) is 0 Å². The number of imide groups is 1. The lowest BCUT2D eigenvalue weighted by atomic mass is 10.0. The lowest BCUT2D eigenvalue weighted by molar-refractivity contribution is 0.0874. The molecular weight excluding hydrogens is 190 g/mol. The summed E-state index contributed by atoms with van der Waals surface area (Å²) < 4.78 is 0. The SMILES string of the molecule is O=C1[N]C(=O)c2c1ccc1ccccc21. The largest absolute Gasteiger partial charge is 0.281 e. The molecule has 1 aliphatic heterocycles. The summed E-state index contributed by atoms with van der Waals surface area (Å²) in [5, 5.41) is 5.18. The normalized spacial score (nSPS) is 14.1. The molecule has 3 rings (SSSR count). The average molecular weight is 196 g/mol. The molecule has 2 amide bonds. The third kappa shape index (κ3) is 1.00. The highest BCUT2D eigenvalue weighted by atomic mass is 16.2. The molecule has 3 nitrogen and oxygen atoms in total. The highest BCUT2D eigenvalue weighted by molar-refractivity contribution is 6.26. The monoisotopic (exact) mass is 196 g/mol. The number of hydrogen-bond donors (Lipinski definition) is 0. The van der Waals surface area contributed by atoms with Crippen molar-refractivity contribution in [2.75, 3.05) is 0 Å². The van der Waals surface area contributed by atoms with Crippen molar-refractivity contribution in [3.05, 3.63) is 47.5 Å². The number of benzene rings is 2. The Bertz CT molecular complexity index is 602. The first-order chi connectivity index (χ1) is 7.27.